The maximum atomic E-state index is 6.32. The van der Waals surface area contributed by atoms with Crippen molar-refractivity contribution < 1.29 is 0 Å². The van der Waals surface area contributed by atoms with Crippen LogP contribution in [0.2, 0.25) is 5.02 Å². The minimum Gasteiger partial charge on any atom is -0.381 e. The second-order valence-corrected chi connectivity index (χ2v) is 6.39. The van der Waals surface area contributed by atoms with Gasteiger partial charge >= 0.3 is 0 Å². The normalized spacial score (nSPS) is 23.8. The van der Waals surface area contributed by atoms with E-state index >= 15 is 0 Å². The highest BCUT2D eigenvalue weighted by Crippen LogP contribution is 2.34. The van der Waals surface area contributed by atoms with Gasteiger partial charge in [-0.2, -0.15) is 0 Å². The maximum absolute atomic E-state index is 6.32. The molecule has 1 saturated carbocycles. The minimum atomic E-state index is 0.585. The fourth-order valence-electron chi connectivity index (χ4n) is 2.94. The molecule has 3 heteroatoms. The van der Waals surface area contributed by atoms with Crippen molar-refractivity contribution in [3.05, 3.63) is 23.2 Å². The predicted molar refractivity (Wildman–Crippen MR) is 85.4 cm³/mol. The van der Waals surface area contributed by atoms with E-state index in [-0.39, 0.29) is 0 Å². The summed E-state index contributed by atoms with van der Waals surface area (Å²) in [6.07, 6.45) is 6.56. The lowest BCUT2D eigenvalue weighted by atomic mass is 10.0. The molecule has 2 rings (SSSR count). The summed E-state index contributed by atoms with van der Waals surface area (Å²) in [5, 5.41) is 4.52. The van der Waals surface area contributed by atoms with Gasteiger partial charge in [0.25, 0.3) is 0 Å². The lowest BCUT2D eigenvalue weighted by molar-refractivity contribution is 0.502. The standard InChI is InChI=1S/C16H25ClN2/c1-12-6-4-7-13(11-10-12)18-15-9-5-8-14(17)16(15)19(2)3/h5,8-9,12-13,18H,4,6-7,10-11H2,1-3H3. The fraction of sp³-hybridized carbons (Fsp3) is 0.625. The zero-order valence-electron chi connectivity index (χ0n) is 12.2. The Labute approximate surface area is 122 Å². The zero-order chi connectivity index (χ0) is 13.8. The molecule has 0 spiro atoms. The molecular weight excluding hydrogens is 256 g/mol. The van der Waals surface area contributed by atoms with Crippen molar-refractivity contribution in [2.75, 3.05) is 24.3 Å². The first-order valence-electron chi connectivity index (χ1n) is 7.30. The fourth-order valence-corrected chi connectivity index (χ4v) is 3.28. The number of hydrogen-bond acceptors (Lipinski definition) is 2. The van der Waals surface area contributed by atoms with E-state index in [1.54, 1.807) is 0 Å². The van der Waals surface area contributed by atoms with Crippen LogP contribution in [0.1, 0.15) is 39.0 Å². The highest BCUT2D eigenvalue weighted by Gasteiger charge is 2.18. The monoisotopic (exact) mass is 280 g/mol. The van der Waals surface area contributed by atoms with Crippen LogP contribution < -0.4 is 10.2 Å². The number of benzene rings is 1. The first-order chi connectivity index (χ1) is 9.08. The van der Waals surface area contributed by atoms with Crippen LogP contribution in [0.3, 0.4) is 0 Å². The molecule has 1 N–H and O–H groups in total. The molecule has 1 aromatic carbocycles. The Morgan fingerprint density at radius 2 is 1.95 bits per heavy atom. The lowest BCUT2D eigenvalue weighted by Gasteiger charge is -2.24. The van der Waals surface area contributed by atoms with E-state index in [1.807, 2.05) is 26.2 Å². The smallest absolute Gasteiger partial charge is 0.0786 e. The first-order valence-corrected chi connectivity index (χ1v) is 7.68. The van der Waals surface area contributed by atoms with Gasteiger partial charge in [0.05, 0.1) is 16.4 Å². The summed E-state index contributed by atoms with van der Waals surface area (Å²) in [6.45, 7) is 2.37. The van der Waals surface area contributed by atoms with Crippen LogP contribution in [0.4, 0.5) is 11.4 Å². The summed E-state index contributed by atoms with van der Waals surface area (Å²) >= 11 is 6.32. The molecule has 2 unspecified atom stereocenters. The first kappa shape index (κ1) is 14.5. The topological polar surface area (TPSA) is 15.3 Å². The van der Waals surface area contributed by atoms with Gasteiger partial charge in [-0.05, 0) is 37.3 Å². The zero-order valence-corrected chi connectivity index (χ0v) is 13.0. The quantitative estimate of drug-likeness (QED) is 0.801. The van der Waals surface area contributed by atoms with Gasteiger partial charge in [0.1, 0.15) is 0 Å². The van der Waals surface area contributed by atoms with Gasteiger partial charge in [-0.25, -0.2) is 0 Å². The van der Waals surface area contributed by atoms with Gasteiger partial charge in [0, 0.05) is 20.1 Å². The van der Waals surface area contributed by atoms with Gasteiger partial charge < -0.3 is 10.2 Å². The number of para-hydroxylation sites is 1. The summed E-state index contributed by atoms with van der Waals surface area (Å²) in [5.41, 5.74) is 2.26. The summed E-state index contributed by atoms with van der Waals surface area (Å²) in [7, 11) is 4.09. The highest BCUT2D eigenvalue weighted by atomic mass is 35.5. The third-order valence-corrected chi connectivity index (χ3v) is 4.36. The van der Waals surface area contributed by atoms with E-state index in [0.717, 1.165) is 22.3 Å². The van der Waals surface area contributed by atoms with Crippen LogP contribution in [0.15, 0.2) is 18.2 Å². The van der Waals surface area contributed by atoms with E-state index in [9.17, 15) is 0 Å². The Hall–Kier alpha value is -0.890. The molecule has 2 nitrogen and oxygen atoms in total. The molecular formula is C16H25ClN2. The molecule has 0 aromatic heterocycles. The van der Waals surface area contributed by atoms with Crippen molar-refractivity contribution >= 4 is 23.0 Å². The Bertz CT molecular complexity index is 417. The molecule has 0 radical (unpaired) electrons. The van der Waals surface area contributed by atoms with Gasteiger partial charge in [0.15, 0.2) is 0 Å². The second kappa shape index (κ2) is 6.51. The number of nitrogens with zero attached hydrogens (tertiary/aromatic N) is 1. The Morgan fingerprint density at radius 1 is 1.16 bits per heavy atom. The minimum absolute atomic E-state index is 0.585. The third-order valence-electron chi connectivity index (χ3n) is 4.05. The van der Waals surface area contributed by atoms with Crippen molar-refractivity contribution in [1.29, 1.82) is 0 Å². The molecule has 0 heterocycles. The molecule has 106 valence electrons. The number of hydrogen-bond donors (Lipinski definition) is 1. The van der Waals surface area contributed by atoms with E-state index < -0.39 is 0 Å². The van der Waals surface area contributed by atoms with Crippen molar-refractivity contribution in [3.63, 3.8) is 0 Å². The lowest BCUT2D eigenvalue weighted by Crippen LogP contribution is -2.21. The van der Waals surface area contributed by atoms with Gasteiger partial charge in [-0.15, -0.1) is 0 Å². The molecule has 2 atom stereocenters. The Balaban J connectivity index is 2.12. The average Bonchev–Trinajstić information content (AvgIpc) is 2.54. The average molecular weight is 281 g/mol. The van der Waals surface area contributed by atoms with Crippen LogP contribution in [-0.4, -0.2) is 20.1 Å². The van der Waals surface area contributed by atoms with Crippen LogP contribution in [0, 0.1) is 5.92 Å². The van der Waals surface area contributed by atoms with Crippen LogP contribution in [0.25, 0.3) is 0 Å². The third kappa shape index (κ3) is 3.79. The number of rotatable bonds is 3. The Morgan fingerprint density at radius 3 is 2.68 bits per heavy atom. The molecule has 0 aliphatic heterocycles. The summed E-state index contributed by atoms with van der Waals surface area (Å²) in [5.74, 6) is 0.875. The van der Waals surface area contributed by atoms with Gasteiger partial charge in [0.2, 0.25) is 0 Å². The summed E-state index contributed by atoms with van der Waals surface area (Å²) in [6, 6.07) is 6.70. The molecule has 0 saturated heterocycles. The second-order valence-electron chi connectivity index (χ2n) is 5.99. The molecule has 19 heavy (non-hydrogen) atoms. The van der Waals surface area contributed by atoms with Crippen LogP contribution in [0.5, 0.6) is 0 Å². The summed E-state index contributed by atoms with van der Waals surface area (Å²) in [4.78, 5) is 2.09. The van der Waals surface area contributed by atoms with E-state index in [2.05, 4.69) is 23.2 Å². The van der Waals surface area contributed by atoms with Crippen LogP contribution >= 0.6 is 11.6 Å². The Kier molecular flexibility index (Phi) is 4.98. The largest absolute Gasteiger partial charge is 0.381 e. The van der Waals surface area contributed by atoms with E-state index in [4.69, 9.17) is 11.6 Å². The van der Waals surface area contributed by atoms with E-state index in [1.165, 1.54) is 32.1 Å². The van der Waals surface area contributed by atoms with Crippen molar-refractivity contribution in [2.45, 2.75) is 45.1 Å². The summed E-state index contributed by atoms with van der Waals surface area (Å²) < 4.78 is 0. The van der Waals surface area contributed by atoms with Crippen LogP contribution in [-0.2, 0) is 0 Å². The molecule has 1 aromatic rings. The molecule has 0 bridgehead atoms. The van der Waals surface area contributed by atoms with Gasteiger partial charge in [-0.3, -0.25) is 0 Å². The molecule has 1 fully saturated rings. The SMILES string of the molecule is CC1CCCC(Nc2cccc(Cl)c2N(C)C)CC1. The molecule has 0 amide bonds. The predicted octanol–water partition coefficient (Wildman–Crippen LogP) is 4.79. The van der Waals surface area contributed by atoms with Gasteiger partial charge in [-0.1, -0.05) is 37.4 Å². The van der Waals surface area contributed by atoms with Crippen molar-refractivity contribution in [1.82, 2.24) is 0 Å². The van der Waals surface area contributed by atoms with Crippen molar-refractivity contribution in [2.24, 2.45) is 5.92 Å². The molecule has 1 aliphatic rings. The van der Waals surface area contributed by atoms with Crippen molar-refractivity contribution in [3.8, 4) is 0 Å². The highest BCUT2D eigenvalue weighted by molar-refractivity contribution is 6.34. The number of halogens is 1. The molecule has 1 aliphatic carbocycles. The number of anilines is 2. The van der Waals surface area contributed by atoms with E-state index in [0.29, 0.717) is 6.04 Å². The number of nitrogens with one attached hydrogen (secondary N) is 1. The maximum Gasteiger partial charge on any atom is 0.0786 e.